The molecule has 0 aliphatic carbocycles. The van der Waals surface area contributed by atoms with Crippen LogP contribution in [0.25, 0.3) is 11.4 Å². The smallest absolute Gasteiger partial charge is 0.410 e. The minimum absolute atomic E-state index is 0.00477. The minimum Gasteiger partial charge on any atom is -0.444 e. The van der Waals surface area contributed by atoms with Gasteiger partial charge in [-0.1, -0.05) is 0 Å². The number of ether oxygens (including phenoxy) is 2. The topological polar surface area (TPSA) is 131 Å². The maximum absolute atomic E-state index is 12.3. The molecule has 2 aliphatic rings. The van der Waals surface area contributed by atoms with Crippen molar-refractivity contribution in [2.24, 2.45) is 10.9 Å². The Bertz CT molecular complexity index is 1210. The van der Waals surface area contributed by atoms with E-state index in [0.29, 0.717) is 23.4 Å². The van der Waals surface area contributed by atoms with Crippen LogP contribution < -0.4 is 4.74 Å². The molecule has 1 atom stereocenters. The Labute approximate surface area is 209 Å². The van der Waals surface area contributed by atoms with E-state index >= 15 is 0 Å². The Morgan fingerprint density at radius 3 is 2.58 bits per heavy atom. The summed E-state index contributed by atoms with van der Waals surface area (Å²) in [6.45, 7) is 7.15. The predicted molar refractivity (Wildman–Crippen MR) is 132 cm³/mol. The summed E-state index contributed by atoms with van der Waals surface area (Å²) in [5, 5.41) is 14.0. The lowest BCUT2D eigenvalue weighted by molar-refractivity contribution is 0.0180. The van der Waals surface area contributed by atoms with Crippen molar-refractivity contribution in [1.82, 2.24) is 35.5 Å². The molecule has 11 nitrogen and oxygen atoms in total. The van der Waals surface area contributed by atoms with Gasteiger partial charge < -0.3 is 14.4 Å². The Morgan fingerprint density at radius 1 is 1.11 bits per heavy atom. The summed E-state index contributed by atoms with van der Waals surface area (Å²) < 4.78 is 11.6. The van der Waals surface area contributed by atoms with E-state index in [4.69, 9.17) is 14.5 Å². The quantitative estimate of drug-likeness (QED) is 0.539. The molecule has 1 N–H and O–H groups in total. The Balaban J connectivity index is 1.15. The second-order valence-corrected chi connectivity index (χ2v) is 10.1. The van der Waals surface area contributed by atoms with Crippen molar-refractivity contribution in [3.63, 3.8) is 0 Å². The first-order chi connectivity index (χ1) is 17.4. The molecule has 5 rings (SSSR count). The molecule has 2 aliphatic heterocycles. The van der Waals surface area contributed by atoms with Crippen LogP contribution in [0.3, 0.4) is 0 Å². The first kappa shape index (κ1) is 23.8. The van der Waals surface area contributed by atoms with Gasteiger partial charge in [-0.15, -0.1) is 10.2 Å². The molecule has 1 amide bonds. The third-order valence-corrected chi connectivity index (χ3v) is 6.36. The number of aliphatic imine (C=N–C) groups is 1. The van der Waals surface area contributed by atoms with Crippen molar-refractivity contribution in [2.45, 2.75) is 58.1 Å². The highest BCUT2D eigenvalue weighted by Crippen LogP contribution is 2.36. The van der Waals surface area contributed by atoms with Gasteiger partial charge >= 0.3 is 6.09 Å². The van der Waals surface area contributed by atoms with E-state index in [-0.39, 0.29) is 12.1 Å². The van der Waals surface area contributed by atoms with Gasteiger partial charge in [0.25, 0.3) is 0 Å². The maximum atomic E-state index is 12.3. The largest absolute Gasteiger partial charge is 0.444 e. The fourth-order valence-corrected chi connectivity index (χ4v) is 4.50. The van der Waals surface area contributed by atoms with Gasteiger partial charge in [0.2, 0.25) is 11.7 Å². The van der Waals surface area contributed by atoms with Gasteiger partial charge in [-0.3, -0.25) is 4.99 Å². The zero-order valence-corrected chi connectivity index (χ0v) is 20.7. The van der Waals surface area contributed by atoms with Crippen LogP contribution in [-0.4, -0.2) is 66.5 Å². The molecule has 11 heteroatoms. The summed E-state index contributed by atoms with van der Waals surface area (Å²) >= 11 is 0. The number of rotatable bonds is 6. The van der Waals surface area contributed by atoms with Gasteiger partial charge in [0.05, 0.1) is 17.3 Å². The molecule has 0 spiro atoms. The normalized spacial score (nSPS) is 17.8. The number of hydrogen-bond donors (Lipinski definition) is 1. The summed E-state index contributed by atoms with van der Waals surface area (Å²) in [4.78, 5) is 27.7. The molecule has 2 aromatic heterocycles. The summed E-state index contributed by atoms with van der Waals surface area (Å²) in [5.41, 5.74) is 2.09. The first-order valence-corrected chi connectivity index (χ1v) is 12.2. The first-order valence-electron chi connectivity index (χ1n) is 12.2. The number of carbonyl (C=O) groups excluding carboxylic acids is 1. The average molecular weight is 491 g/mol. The fourth-order valence-electron chi connectivity index (χ4n) is 4.50. The molecule has 3 aromatic rings. The maximum Gasteiger partial charge on any atom is 0.410 e. The SMILES string of the molecule is CC(C)(C)OC(=O)N1CCC(CCC2N=Cc3c(Oc4ccc(-c5nn[nH]n5)cc4)ncnc32)CC1. The Kier molecular flexibility index (Phi) is 6.62. The van der Waals surface area contributed by atoms with Crippen LogP contribution in [0.2, 0.25) is 0 Å². The molecule has 1 unspecified atom stereocenters. The number of nitrogens with zero attached hydrogens (tertiary/aromatic N) is 7. The average Bonchev–Trinajstić information content (AvgIpc) is 3.54. The molecule has 1 fully saturated rings. The molecular formula is C25H30N8O3. The van der Waals surface area contributed by atoms with Crippen molar-refractivity contribution in [3.8, 4) is 23.0 Å². The van der Waals surface area contributed by atoms with Gasteiger partial charge in [0, 0.05) is 24.9 Å². The van der Waals surface area contributed by atoms with Crippen LogP contribution in [0, 0.1) is 5.92 Å². The van der Waals surface area contributed by atoms with Crippen LogP contribution in [0.5, 0.6) is 11.6 Å². The number of tetrazole rings is 1. The Morgan fingerprint density at radius 2 is 1.89 bits per heavy atom. The summed E-state index contributed by atoms with van der Waals surface area (Å²) in [6, 6.07) is 7.41. The number of hydrogen-bond acceptors (Lipinski definition) is 9. The zero-order valence-electron chi connectivity index (χ0n) is 20.7. The van der Waals surface area contributed by atoms with Crippen molar-refractivity contribution in [1.29, 1.82) is 0 Å². The summed E-state index contributed by atoms with van der Waals surface area (Å²) in [6.07, 6.45) is 7.00. The number of nitrogens with one attached hydrogen (secondary N) is 1. The lowest BCUT2D eigenvalue weighted by Crippen LogP contribution is -2.41. The molecule has 1 saturated heterocycles. The van der Waals surface area contributed by atoms with Crippen molar-refractivity contribution in [2.75, 3.05) is 13.1 Å². The number of H-pyrrole nitrogens is 1. The fraction of sp³-hybridized carbons (Fsp3) is 0.480. The number of likely N-dealkylation sites (tertiary alicyclic amines) is 1. The van der Waals surface area contributed by atoms with E-state index in [1.165, 1.54) is 6.33 Å². The van der Waals surface area contributed by atoms with E-state index < -0.39 is 5.60 Å². The lowest BCUT2D eigenvalue weighted by Gasteiger charge is -2.33. The van der Waals surface area contributed by atoms with Crippen LogP contribution in [-0.2, 0) is 4.74 Å². The number of fused-ring (bicyclic) bond motifs is 1. The molecular weight excluding hydrogens is 460 g/mol. The Hall–Kier alpha value is -3.89. The van der Waals surface area contributed by atoms with E-state index in [1.807, 2.05) is 56.2 Å². The van der Waals surface area contributed by atoms with Crippen molar-refractivity contribution in [3.05, 3.63) is 41.9 Å². The van der Waals surface area contributed by atoms with E-state index in [0.717, 1.165) is 55.6 Å². The van der Waals surface area contributed by atoms with Crippen LogP contribution in [0.1, 0.15) is 63.8 Å². The molecule has 36 heavy (non-hydrogen) atoms. The van der Waals surface area contributed by atoms with Gasteiger partial charge in [-0.05, 0) is 81.9 Å². The van der Waals surface area contributed by atoms with Gasteiger partial charge in [0.15, 0.2) is 0 Å². The number of benzene rings is 1. The number of piperidine rings is 1. The highest BCUT2D eigenvalue weighted by molar-refractivity contribution is 5.87. The van der Waals surface area contributed by atoms with Crippen molar-refractivity contribution >= 4 is 12.3 Å². The molecule has 188 valence electrons. The summed E-state index contributed by atoms with van der Waals surface area (Å²) in [5.74, 6) is 2.22. The minimum atomic E-state index is -0.467. The number of aromatic nitrogens is 6. The third-order valence-electron chi connectivity index (χ3n) is 6.36. The zero-order chi connectivity index (χ0) is 25.1. The molecule has 0 bridgehead atoms. The molecule has 0 saturated carbocycles. The van der Waals surface area contributed by atoms with Crippen molar-refractivity contribution < 1.29 is 14.3 Å². The third kappa shape index (κ3) is 5.50. The second-order valence-electron chi connectivity index (χ2n) is 10.1. The highest BCUT2D eigenvalue weighted by atomic mass is 16.6. The van der Waals surface area contributed by atoms with E-state index in [2.05, 4.69) is 30.6 Å². The number of amides is 1. The molecule has 1 aromatic carbocycles. The lowest BCUT2D eigenvalue weighted by atomic mass is 9.90. The van der Waals surface area contributed by atoms with E-state index in [1.54, 1.807) is 0 Å². The molecule has 0 radical (unpaired) electrons. The van der Waals surface area contributed by atoms with Crippen LogP contribution >= 0.6 is 0 Å². The monoisotopic (exact) mass is 490 g/mol. The van der Waals surface area contributed by atoms with Crippen LogP contribution in [0.15, 0.2) is 35.6 Å². The second kappa shape index (κ2) is 10.00. The van der Waals surface area contributed by atoms with E-state index in [9.17, 15) is 4.79 Å². The highest BCUT2D eigenvalue weighted by Gasteiger charge is 2.29. The van der Waals surface area contributed by atoms with Gasteiger partial charge in [-0.2, -0.15) is 5.21 Å². The standard InChI is InChI=1S/C25H30N8O3/c1-25(2,3)36-24(34)33-12-10-16(11-13-33)4-9-20-21-19(14-26-20)23(28-15-27-21)35-18-7-5-17(6-8-18)22-29-31-32-30-22/h5-8,14-16,20H,4,9-13H2,1-3H3,(H,29,30,31,32). The van der Waals surface area contributed by atoms with Gasteiger partial charge in [-0.25, -0.2) is 14.8 Å². The predicted octanol–water partition coefficient (Wildman–Crippen LogP) is 4.35. The number of aromatic amines is 1. The van der Waals surface area contributed by atoms with Crippen LogP contribution in [0.4, 0.5) is 4.79 Å². The summed E-state index contributed by atoms with van der Waals surface area (Å²) in [7, 11) is 0. The number of carbonyl (C=O) groups is 1. The molecule has 4 heterocycles. The van der Waals surface area contributed by atoms with Gasteiger partial charge in [0.1, 0.15) is 17.7 Å².